The Bertz CT molecular complexity index is 470. The van der Waals surface area contributed by atoms with Gasteiger partial charge in [0.15, 0.2) is 5.82 Å². The standard InChI is InChI=1S/C11H14N4O2/c1-16-8-2-3-9(12)10(6-8)13-5-4-11-14-7-17-15-11/h2-3,6-7,13H,4-5,12H2,1H3. The number of nitrogens with two attached hydrogens (primary N) is 1. The molecule has 0 amide bonds. The molecule has 0 aliphatic heterocycles. The van der Waals surface area contributed by atoms with E-state index in [1.807, 2.05) is 12.1 Å². The van der Waals surface area contributed by atoms with Gasteiger partial charge in [-0.15, -0.1) is 0 Å². The highest BCUT2D eigenvalue weighted by molar-refractivity contribution is 5.68. The zero-order chi connectivity index (χ0) is 12.1. The van der Waals surface area contributed by atoms with E-state index in [4.69, 9.17) is 10.5 Å². The summed E-state index contributed by atoms with van der Waals surface area (Å²) in [6, 6.07) is 5.47. The van der Waals surface area contributed by atoms with E-state index in [0.717, 1.165) is 11.4 Å². The van der Waals surface area contributed by atoms with Crippen LogP contribution in [0.3, 0.4) is 0 Å². The third-order valence-corrected chi connectivity index (χ3v) is 2.33. The normalized spacial score (nSPS) is 10.2. The molecule has 6 nitrogen and oxygen atoms in total. The summed E-state index contributed by atoms with van der Waals surface area (Å²) in [5.41, 5.74) is 7.36. The van der Waals surface area contributed by atoms with Gasteiger partial charge in [0.1, 0.15) is 5.75 Å². The molecule has 0 fully saturated rings. The average Bonchev–Trinajstić information content (AvgIpc) is 2.84. The number of methoxy groups -OCH3 is 1. The number of benzene rings is 1. The molecule has 90 valence electrons. The Hall–Kier alpha value is -2.24. The first kappa shape index (κ1) is 11.3. The van der Waals surface area contributed by atoms with Crippen LogP contribution in [0, 0.1) is 0 Å². The van der Waals surface area contributed by atoms with Crippen LogP contribution in [0.15, 0.2) is 29.1 Å². The molecular weight excluding hydrogens is 220 g/mol. The molecule has 0 spiro atoms. The van der Waals surface area contributed by atoms with Gasteiger partial charge in [-0.05, 0) is 12.1 Å². The first-order valence-corrected chi connectivity index (χ1v) is 5.22. The van der Waals surface area contributed by atoms with Crippen molar-refractivity contribution in [1.29, 1.82) is 0 Å². The highest BCUT2D eigenvalue weighted by Crippen LogP contribution is 2.24. The molecule has 17 heavy (non-hydrogen) atoms. The molecule has 2 aromatic rings. The van der Waals surface area contributed by atoms with Crippen molar-refractivity contribution in [2.75, 3.05) is 24.7 Å². The second-order valence-electron chi connectivity index (χ2n) is 3.48. The molecule has 2 rings (SSSR count). The van der Waals surface area contributed by atoms with Crippen molar-refractivity contribution in [2.24, 2.45) is 0 Å². The van der Waals surface area contributed by atoms with E-state index in [1.165, 1.54) is 6.39 Å². The number of nitrogen functional groups attached to an aromatic ring is 1. The van der Waals surface area contributed by atoms with Gasteiger partial charge in [0, 0.05) is 19.0 Å². The van der Waals surface area contributed by atoms with Gasteiger partial charge in [-0.25, -0.2) is 0 Å². The minimum absolute atomic E-state index is 0.666. The van der Waals surface area contributed by atoms with Gasteiger partial charge in [0.05, 0.1) is 18.5 Å². The molecule has 1 heterocycles. The third-order valence-electron chi connectivity index (χ3n) is 2.33. The molecular formula is C11H14N4O2. The number of hydrogen-bond acceptors (Lipinski definition) is 6. The van der Waals surface area contributed by atoms with E-state index in [9.17, 15) is 0 Å². The van der Waals surface area contributed by atoms with Crippen LogP contribution in [0.25, 0.3) is 0 Å². The van der Waals surface area contributed by atoms with Crippen LogP contribution in [0.2, 0.25) is 0 Å². The molecule has 0 bridgehead atoms. The van der Waals surface area contributed by atoms with Crippen LogP contribution >= 0.6 is 0 Å². The summed E-state index contributed by atoms with van der Waals surface area (Å²) in [5, 5.41) is 6.92. The Kier molecular flexibility index (Phi) is 3.44. The molecule has 0 radical (unpaired) electrons. The highest BCUT2D eigenvalue weighted by Gasteiger charge is 2.02. The van der Waals surface area contributed by atoms with Crippen LogP contribution in [0.1, 0.15) is 5.82 Å². The van der Waals surface area contributed by atoms with Crippen LogP contribution in [0.5, 0.6) is 5.75 Å². The zero-order valence-corrected chi connectivity index (χ0v) is 9.51. The lowest BCUT2D eigenvalue weighted by Gasteiger charge is -2.09. The van der Waals surface area contributed by atoms with E-state index in [0.29, 0.717) is 24.5 Å². The van der Waals surface area contributed by atoms with E-state index >= 15 is 0 Å². The quantitative estimate of drug-likeness (QED) is 0.759. The summed E-state index contributed by atoms with van der Waals surface area (Å²) < 4.78 is 9.77. The molecule has 0 aliphatic carbocycles. The van der Waals surface area contributed by atoms with E-state index < -0.39 is 0 Å². The maximum atomic E-state index is 5.84. The van der Waals surface area contributed by atoms with Crippen LogP contribution in [-0.4, -0.2) is 23.8 Å². The van der Waals surface area contributed by atoms with Crippen molar-refractivity contribution >= 4 is 11.4 Å². The number of nitrogens with zero attached hydrogens (tertiary/aromatic N) is 2. The summed E-state index contributed by atoms with van der Waals surface area (Å²) in [5.74, 6) is 1.43. The summed E-state index contributed by atoms with van der Waals surface area (Å²) in [6.45, 7) is 0.677. The number of aromatic nitrogens is 2. The fourth-order valence-electron chi connectivity index (χ4n) is 1.43. The number of hydrogen-bond donors (Lipinski definition) is 2. The van der Waals surface area contributed by atoms with Crippen molar-refractivity contribution in [3.63, 3.8) is 0 Å². The number of nitrogens with one attached hydrogen (secondary N) is 1. The smallest absolute Gasteiger partial charge is 0.213 e. The van der Waals surface area contributed by atoms with Gasteiger partial charge in [-0.1, -0.05) is 5.16 Å². The molecule has 0 aliphatic rings. The minimum Gasteiger partial charge on any atom is -0.497 e. The Labute approximate surface area is 98.8 Å². The lowest BCUT2D eigenvalue weighted by Crippen LogP contribution is -2.07. The molecule has 0 unspecified atom stereocenters. The Morgan fingerprint density at radius 1 is 1.47 bits per heavy atom. The van der Waals surface area contributed by atoms with Crippen LogP contribution in [0.4, 0.5) is 11.4 Å². The van der Waals surface area contributed by atoms with Gasteiger partial charge in [0.2, 0.25) is 6.39 Å². The van der Waals surface area contributed by atoms with Gasteiger partial charge in [-0.2, -0.15) is 4.98 Å². The second kappa shape index (κ2) is 5.20. The number of anilines is 2. The van der Waals surface area contributed by atoms with Gasteiger partial charge < -0.3 is 20.3 Å². The predicted octanol–water partition coefficient (Wildman–Crippen LogP) is 1.31. The Balaban J connectivity index is 1.94. The second-order valence-corrected chi connectivity index (χ2v) is 3.48. The van der Waals surface area contributed by atoms with E-state index in [1.54, 1.807) is 13.2 Å². The molecule has 0 atom stereocenters. The fraction of sp³-hybridized carbons (Fsp3) is 0.273. The molecule has 1 aromatic heterocycles. The molecule has 6 heteroatoms. The third kappa shape index (κ3) is 2.87. The van der Waals surface area contributed by atoms with E-state index in [-0.39, 0.29) is 0 Å². The zero-order valence-electron chi connectivity index (χ0n) is 9.51. The SMILES string of the molecule is COc1ccc(N)c(NCCc2ncon2)c1. The summed E-state index contributed by atoms with van der Waals surface area (Å²) in [7, 11) is 1.62. The molecule has 3 N–H and O–H groups in total. The minimum atomic E-state index is 0.666. The summed E-state index contributed by atoms with van der Waals surface area (Å²) in [6.07, 6.45) is 1.99. The monoisotopic (exact) mass is 234 g/mol. The van der Waals surface area contributed by atoms with Crippen molar-refractivity contribution in [3.05, 3.63) is 30.4 Å². The lowest BCUT2D eigenvalue weighted by atomic mass is 10.2. The van der Waals surface area contributed by atoms with E-state index in [2.05, 4.69) is 20.0 Å². The average molecular weight is 234 g/mol. The topological polar surface area (TPSA) is 86.2 Å². The van der Waals surface area contributed by atoms with Crippen molar-refractivity contribution in [3.8, 4) is 5.75 Å². The molecule has 1 aromatic carbocycles. The van der Waals surface area contributed by atoms with Gasteiger partial charge in [0.25, 0.3) is 0 Å². The molecule has 0 saturated carbocycles. The van der Waals surface area contributed by atoms with Crippen LogP contribution < -0.4 is 15.8 Å². The number of ether oxygens (including phenoxy) is 1. The first-order chi connectivity index (χ1) is 8.29. The van der Waals surface area contributed by atoms with Crippen molar-refractivity contribution in [1.82, 2.24) is 10.1 Å². The summed E-state index contributed by atoms with van der Waals surface area (Å²) >= 11 is 0. The van der Waals surface area contributed by atoms with Crippen LogP contribution in [-0.2, 0) is 6.42 Å². The highest BCUT2D eigenvalue weighted by atomic mass is 16.5. The molecule has 0 saturated heterocycles. The number of rotatable bonds is 5. The first-order valence-electron chi connectivity index (χ1n) is 5.22. The fourth-order valence-corrected chi connectivity index (χ4v) is 1.43. The Morgan fingerprint density at radius 2 is 2.35 bits per heavy atom. The summed E-state index contributed by atoms with van der Waals surface area (Å²) in [4.78, 5) is 3.93. The predicted molar refractivity (Wildman–Crippen MR) is 63.9 cm³/mol. The lowest BCUT2D eigenvalue weighted by molar-refractivity contribution is 0.410. The van der Waals surface area contributed by atoms with Crippen molar-refractivity contribution in [2.45, 2.75) is 6.42 Å². The van der Waals surface area contributed by atoms with Gasteiger partial charge in [-0.3, -0.25) is 0 Å². The largest absolute Gasteiger partial charge is 0.497 e. The maximum Gasteiger partial charge on any atom is 0.213 e. The van der Waals surface area contributed by atoms with Gasteiger partial charge >= 0.3 is 0 Å². The Morgan fingerprint density at radius 3 is 3.06 bits per heavy atom. The van der Waals surface area contributed by atoms with Crippen molar-refractivity contribution < 1.29 is 9.26 Å². The maximum absolute atomic E-state index is 5.84.